The van der Waals surface area contributed by atoms with Crippen molar-refractivity contribution in [1.82, 2.24) is 4.90 Å². The molecule has 130 valence electrons. The van der Waals surface area contributed by atoms with Gasteiger partial charge in [-0.25, -0.2) is 9.69 Å². The highest BCUT2D eigenvalue weighted by molar-refractivity contribution is 5.98. The summed E-state index contributed by atoms with van der Waals surface area (Å²) in [6.45, 7) is 2.08. The van der Waals surface area contributed by atoms with Crippen LogP contribution in [0.15, 0.2) is 60.7 Å². The Hall–Kier alpha value is -2.62. The van der Waals surface area contributed by atoms with E-state index in [-0.39, 0.29) is 24.0 Å². The fourth-order valence-corrected chi connectivity index (χ4v) is 3.83. The van der Waals surface area contributed by atoms with E-state index >= 15 is 0 Å². The van der Waals surface area contributed by atoms with Gasteiger partial charge in [0.25, 0.3) is 5.84 Å². The molecular formula is C21H25N2O2+. The SMILES string of the molecule is COC(=O)C1C(C)C(=[N+](C)C)N1C(c1ccccc1)c1ccccc1. The molecule has 0 amide bonds. The maximum atomic E-state index is 12.5. The summed E-state index contributed by atoms with van der Waals surface area (Å²) in [5.74, 6) is 1.08. The normalized spacial score (nSPS) is 19.6. The summed E-state index contributed by atoms with van der Waals surface area (Å²) in [5.41, 5.74) is 2.32. The predicted octanol–water partition coefficient (Wildman–Crippen LogP) is 2.94. The van der Waals surface area contributed by atoms with Gasteiger partial charge in [-0.15, -0.1) is 0 Å². The Bertz CT molecular complexity index is 727. The summed E-state index contributed by atoms with van der Waals surface area (Å²) in [4.78, 5) is 14.7. The minimum Gasteiger partial charge on any atom is -0.466 e. The number of hydrogen-bond donors (Lipinski definition) is 0. The van der Waals surface area contributed by atoms with Crippen LogP contribution in [0.5, 0.6) is 0 Å². The van der Waals surface area contributed by atoms with E-state index in [1.165, 1.54) is 7.11 Å². The van der Waals surface area contributed by atoms with E-state index in [0.717, 1.165) is 17.0 Å². The van der Waals surface area contributed by atoms with Gasteiger partial charge in [-0.3, -0.25) is 4.58 Å². The Morgan fingerprint density at radius 3 is 1.88 bits per heavy atom. The second kappa shape index (κ2) is 7.09. The van der Waals surface area contributed by atoms with Gasteiger partial charge in [-0.1, -0.05) is 60.7 Å². The number of rotatable bonds is 4. The summed E-state index contributed by atoms with van der Waals surface area (Å²) in [6.07, 6.45) is 0. The highest BCUT2D eigenvalue weighted by atomic mass is 16.5. The lowest BCUT2D eigenvalue weighted by Gasteiger charge is -2.45. The first-order valence-corrected chi connectivity index (χ1v) is 8.56. The third kappa shape index (κ3) is 3.04. The molecule has 25 heavy (non-hydrogen) atoms. The lowest BCUT2D eigenvalue weighted by Crippen LogP contribution is -2.66. The number of benzene rings is 2. The lowest BCUT2D eigenvalue weighted by atomic mass is 9.82. The Labute approximate surface area is 149 Å². The lowest BCUT2D eigenvalue weighted by molar-refractivity contribution is -0.478. The Morgan fingerprint density at radius 2 is 1.48 bits per heavy atom. The van der Waals surface area contributed by atoms with Crippen LogP contribution in [0.25, 0.3) is 0 Å². The molecule has 1 aliphatic rings. The zero-order chi connectivity index (χ0) is 18.0. The van der Waals surface area contributed by atoms with E-state index in [2.05, 4.69) is 40.7 Å². The van der Waals surface area contributed by atoms with Crippen LogP contribution in [0.1, 0.15) is 24.1 Å². The van der Waals surface area contributed by atoms with Crippen LogP contribution in [0, 0.1) is 5.92 Å². The summed E-state index contributed by atoms with van der Waals surface area (Å²) in [5, 5.41) is 0. The third-order valence-corrected chi connectivity index (χ3v) is 4.85. The predicted molar refractivity (Wildman–Crippen MR) is 98.6 cm³/mol. The Kier molecular flexibility index (Phi) is 4.88. The molecule has 1 heterocycles. The molecule has 2 aromatic rings. The van der Waals surface area contributed by atoms with Gasteiger partial charge < -0.3 is 4.74 Å². The molecule has 0 saturated carbocycles. The first-order valence-electron chi connectivity index (χ1n) is 8.56. The van der Waals surface area contributed by atoms with Crippen molar-refractivity contribution in [3.63, 3.8) is 0 Å². The molecule has 0 spiro atoms. The topological polar surface area (TPSA) is 32.6 Å². The molecule has 1 fully saturated rings. The Balaban J connectivity index is 2.14. The molecular weight excluding hydrogens is 312 g/mol. The van der Waals surface area contributed by atoms with Gasteiger partial charge in [0.1, 0.15) is 12.0 Å². The maximum absolute atomic E-state index is 12.5. The van der Waals surface area contributed by atoms with Crippen molar-refractivity contribution in [3.8, 4) is 0 Å². The van der Waals surface area contributed by atoms with Crippen LogP contribution in [-0.4, -0.2) is 48.5 Å². The minimum absolute atomic E-state index is 0.0277. The van der Waals surface area contributed by atoms with Crippen molar-refractivity contribution < 1.29 is 14.1 Å². The number of esters is 1. The summed E-state index contributed by atoms with van der Waals surface area (Å²) >= 11 is 0. The molecule has 3 rings (SSSR count). The van der Waals surface area contributed by atoms with Crippen molar-refractivity contribution >= 4 is 11.8 Å². The van der Waals surface area contributed by atoms with E-state index in [9.17, 15) is 4.79 Å². The fraction of sp³-hybridized carbons (Fsp3) is 0.333. The number of hydrogen-bond acceptors (Lipinski definition) is 2. The summed E-state index contributed by atoms with van der Waals surface area (Å²) in [6, 6.07) is 20.3. The maximum Gasteiger partial charge on any atom is 0.352 e. The molecule has 2 unspecified atom stereocenters. The number of nitrogens with zero attached hydrogens (tertiary/aromatic N) is 2. The number of likely N-dealkylation sites (tertiary alicyclic amines) is 1. The average molecular weight is 337 g/mol. The largest absolute Gasteiger partial charge is 0.466 e. The van der Waals surface area contributed by atoms with E-state index in [1.807, 2.05) is 50.5 Å². The third-order valence-electron chi connectivity index (χ3n) is 4.85. The highest BCUT2D eigenvalue weighted by Gasteiger charge is 2.58. The monoisotopic (exact) mass is 337 g/mol. The zero-order valence-electron chi connectivity index (χ0n) is 15.2. The summed E-state index contributed by atoms with van der Waals surface area (Å²) in [7, 11) is 5.51. The molecule has 0 radical (unpaired) electrons. The van der Waals surface area contributed by atoms with Gasteiger partial charge in [0.15, 0.2) is 0 Å². The molecule has 1 saturated heterocycles. The first-order chi connectivity index (χ1) is 12.1. The summed E-state index contributed by atoms with van der Waals surface area (Å²) < 4.78 is 7.19. The number of carbonyl (C=O) groups excluding carboxylic acids is 1. The van der Waals surface area contributed by atoms with Gasteiger partial charge in [0.05, 0.1) is 21.2 Å². The van der Waals surface area contributed by atoms with Crippen molar-refractivity contribution in [1.29, 1.82) is 0 Å². The highest BCUT2D eigenvalue weighted by Crippen LogP contribution is 2.40. The zero-order valence-corrected chi connectivity index (χ0v) is 15.2. The van der Waals surface area contributed by atoms with Gasteiger partial charge in [-0.2, -0.15) is 0 Å². The van der Waals surface area contributed by atoms with Gasteiger partial charge in [-0.05, 0) is 6.92 Å². The van der Waals surface area contributed by atoms with E-state index < -0.39 is 0 Å². The van der Waals surface area contributed by atoms with Crippen molar-refractivity contribution in [2.45, 2.75) is 19.0 Å². The van der Waals surface area contributed by atoms with Crippen LogP contribution in [-0.2, 0) is 9.53 Å². The molecule has 0 N–H and O–H groups in total. The van der Waals surface area contributed by atoms with Crippen molar-refractivity contribution in [2.24, 2.45) is 5.92 Å². The molecule has 1 aliphatic heterocycles. The van der Waals surface area contributed by atoms with Gasteiger partial charge in [0.2, 0.25) is 6.04 Å². The molecule has 0 aliphatic carbocycles. The quantitative estimate of drug-likeness (QED) is 0.635. The van der Waals surface area contributed by atoms with Gasteiger partial charge >= 0.3 is 5.97 Å². The van der Waals surface area contributed by atoms with Crippen LogP contribution < -0.4 is 0 Å². The number of methoxy groups -OCH3 is 1. The van der Waals surface area contributed by atoms with Crippen LogP contribution in [0.2, 0.25) is 0 Å². The van der Waals surface area contributed by atoms with Crippen LogP contribution in [0.4, 0.5) is 0 Å². The number of amidine groups is 1. The molecule has 4 nitrogen and oxygen atoms in total. The Morgan fingerprint density at radius 1 is 1.00 bits per heavy atom. The molecule has 2 aromatic carbocycles. The van der Waals surface area contributed by atoms with E-state index in [1.54, 1.807) is 0 Å². The van der Waals surface area contributed by atoms with Crippen LogP contribution in [0.3, 0.4) is 0 Å². The average Bonchev–Trinajstić information content (AvgIpc) is 2.62. The van der Waals surface area contributed by atoms with E-state index in [0.29, 0.717) is 0 Å². The van der Waals surface area contributed by atoms with Gasteiger partial charge in [0, 0.05) is 11.1 Å². The molecule has 0 bridgehead atoms. The number of carbonyl (C=O) groups is 1. The molecule has 0 aromatic heterocycles. The fourth-order valence-electron chi connectivity index (χ4n) is 3.83. The van der Waals surface area contributed by atoms with Crippen molar-refractivity contribution in [3.05, 3.63) is 71.8 Å². The minimum atomic E-state index is -0.284. The molecule has 4 heteroatoms. The van der Waals surface area contributed by atoms with E-state index in [4.69, 9.17) is 4.74 Å². The molecule has 2 atom stereocenters. The second-order valence-electron chi connectivity index (χ2n) is 6.64. The second-order valence-corrected chi connectivity index (χ2v) is 6.64. The standard InChI is InChI=1S/C21H25N2O2/c1-15-18(21(24)25-4)23(20(15)22(2)3)19(16-11-7-5-8-12-16)17-13-9-6-10-14-17/h5-15,18-19H,1-4H3/q+1. The number of ether oxygens (including phenoxy) is 1. The smallest absolute Gasteiger partial charge is 0.352 e. The first kappa shape index (κ1) is 17.2. The van der Waals surface area contributed by atoms with Crippen molar-refractivity contribution in [2.75, 3.05) is 21.2 Å². The van der Waals surface area contributed by atoms with Crippen LogP contribution >= 0.6 is 0 Å².